The molecule has 0 saturated carbocycles. The van der Waals surface area contributed by atoms with Crippen LogP contribution in [0.25, 0.3) is 0 Å². The van der Waals surface area contributed by atoms with Gasteiger partial charge in [0.1, 0.15) is 0 Å². The van der Waals surface area contributed by atoms with Gasteiger partial charge in [0, 0.05) is 25.6 Å². The Morgan fingerprint density at radius 1 is 1.37 bits per heavy atom. The molecule has 0 aliphatic carbocycles. The molecule has 1 N–H and O–H groups in total. The molecular weight excluding hydrogens is 240 g/mol. The largest absolute Gasteiger partial charge is 0.380 e. The van der Waals surface area contributed by atoms with E-state index in [4.69, 9.17) is 4.74 Å². The van der Waals surface area contributed by atoms with Crippen molar-refractivity contribution < 1.29 is 9.53 Å². The highest BCUT2D eigenvalue weighted by Crippen LogP contribution is 2.28. The second-order valence-corrected chi connectivity index (χ2v) is 6.24. The van der Waals surface area contributed by atoms with E-state index in [0.717, 1.165) is 51.9 Å². The molecule has 2 aliphatic rings. The van der Waals surface area contributed by atoms with E-state index in [1.54, 1.807) is 0 Å². The fraction of sp³-hybridized carbons (Fsp3) is 0.933. The van der Waals surface area contributed by atoms with Crippen molar-refractivity contribution in [3.05, 3.63) is 0 Å². The molecule has 2 atom stereocenters. The Labute approximate surface area is 116 Å². The van der Waals surface area contributed by atoms with Gasteiger partial charge in [-0.2, -0.15) is 0 Å². The SMILES string of the molecule is CC(C)CCOCCN1C(=O)CCC2CNCCC21. The van der Waals surface area contributed by atoms with Gasteiger partial charge < -0.3 is 15.0 Å². The van der Waals surface area contributed by atoms with Crippen LogP contribution in [0.4, 0.5) is 0 Å². The van der Waals surface area contributed by atoms with E-state index >= 15 is 0 Å². The van der Waals surface area contributed by atoms with Gasteiger partial charge in [-0.3, -0.25) is 4.79 Å². The zero-order chi connectivity index (χ0) is 13.7. The molecule has 110 valence electrons. The van der Waals surface area contributed by atoms with Gasteiger partial charge in [0.25, 0.3) is 0 Å². The average molecular weight is 268 g/mol. The lowest BCUT2D eigenvalue weighted by molar-refractivity contribution is -0.140. The van der Waals surface area contributed by atoms with Crippen LogP contribution in [0.3, 0.4) is 0 Å². The van der Waals surface area contributed by atoms with Gasteiger partial charge >= 0.3 is 0 Å². The molecule has 0 radical (unpaired) electrons. The third-order valence-electron chi connectivity index (χ3n) is 4.33. The number of nitrogens with zero attached hydrogens (tertiary/aromatic N) is 1. The molecule has 0 aromatic rings. The smallest absolute Gasteiger partial charge is 0.222 e. The molecule has 2 rings (SSSR count). The lowest BCUT2D eigenvalue weighted by Crippen LogP contribution is -2.55. The molecule has 0 bridgehead atoms. The van der Waals surface area contributed by atoms with Crippen LogP contribution in [0.15, 0.2) is 0 Å². The Hall–Kier alpha value is -0.610. The maximum Gasteiger partial charge on any atom is 0.222 e. The summed E-state index contributed by atoms with van der Waals surface area (Å²) in [5.74, 6) is 1.67. The van der Waals surface area contributed by atoms with Crippen LogP contribution in [0, 0.1) is 11.8 Å². The molecular formula is C15H28N2O2. The average Bonchev–Trinajstić information content (AvgIpc) is 2.40. The third-order valence-corrected chi connectivity index (χ3v) is 4.33. The van der Waals surface area contributed by atoms with E-state index in [0.29, 0.717) is 30.4 Å². The molecule has 0 spiro atoms. The standard InChI is InChI=1S/C15H28N2O2/c1-12(2)6-9-19-10-8-17-14-5-7-16-11-13(14)3-4-15(17)18/h12-14,16H,3-11H2,1-2H3. The molecule has 4 nitrogen and oxygen atoms in total. The Balaban J connectivity index is 1.74. The lowest BCUT2D eigenvalue weighted by atomic mass is 9.84. The summed E-state index contributed by atoms with van der Waals surface area (Å²) in [4.78, 5) is 14.2. The summed E-state index contributed by atoms with van der Waals surface area (Å²) >= 11 is 0. The van der Waals surface area contributed by atoms with Crippen LogP contribution in [-0.2, 0) is 9.53 Å². The van der Waals surface area contributed by atoms with Crippen LogP contribution >= 0.6 is 0 Å². The molecule has 0 aromatic carbocycles. The summed E-state index contributed by atoms with van der Waals surface area (Å²) < 4.78 is 5.67. The van der Waals surface area contributed by atoms with Crippen molar-refractivity contribution in [2.24, 2.45) is 11.8 Å². The minimum Gasteiger partial charge on any atom is -0.380 e. The van der Waals surface area contributed by atoms with Gasteiger partial charge in [-0.15, -0.1) is 0 Å². The van der Waals surface area contributed by atoms with E-state index in [1.807, 2.05) is 0 Å². The number of amides is 1. The number of piperidine rings is 2. The summed E-state index contributed by atoms with van der Waals surface area (Å²) in [7, 11) is 0. The molecule has 4 heteroatoms. The first-order valence-corrected chi connectivity index (χ1v) is 7.76. The highest BCUT2D eigenvalue weighted by molar-refractivity contribution is 5.77. The van der Waals surface area contributed by atoms with Crippen LogP contribution in [0.1, 0.15) is 39.5 Å². The van der Waals surface area contributed by atoms with Crippen molar-refractivity contribution in [3.8, 4) is 0 Å². The van der Waals surface area contributed by atoms with Crippen LogP contribution in [-0.4, -0.2) is 49.7 Å². The number of carbonyl (C=O) groups is 1. The van der Waals surface area contributed by atoms with Crippen molar-refractivity contribution in [3.63, 3.8) is 0 Å². The highest BCUT2D eigenvalue weighted by atomic mass is 16.5. The summed E-state index contributed by atoms with van der Waals surface area (Å²) in [6.07, 6.45) is 3.97. The van der Waals surface area contributed by atoms with E-state index in [1.165, 1.54) is 0 Å². The number of rotatable bonds is 6. The highest BCUT2D eigenvalue weighted by Gasteiger charge is 2.36. The first-order valence-electron chi connectivity index (χ1n) is 7.76. The maximum absolute atomic E-state index is 12.1. The van der Waals surface area contributed by atoms with Crippen molar-refractivity contribution >= 4 is 5.91 Å². The van der Waals surface area contributed by atoms with Crippen LogP contribution in [0.5, 0.6) is 0 Å². The maximum atomic E-state index is 12.1. The van der Waals surface area contributed by atoms with E-state index in [-0.39, 0.29) is 0 Å². The summed E-state index contributed by atoms with van der Waals surface area (Å²) in [6, 6.07) is 0.455. The van der Waals surface area contributed by atoms with Gasteiger partial charge in [-0.05, 0) is 44.2 Å². The minimum atomic E-state index is 0.329. The minimum absolute atomic E-state index is 0.329. The van der Waals surface area contributed by atoms with Crippen molar-refractivity contribution in [1.82, 2.24) is 10.2 Å². The van der Waals surface area contributed by atoms with E-state index < -0.39 is 0 Å². The van der Waals surface area contributed by atoms with Gasteiger partial charge in [0.15, 0.2) is 0 Å². The topological polar surface area (TPSA) is 41.6 Å². The van der Waals surface area contributed by atoms with Gasteiger partial charge in [0.2, 0.25) is 5.91 Å². The lowest BCUT2D eigenvalue weighted by Gasteiger charge is -2.44. The number of ether oxygens (including phenoxy) is 1. The van der Waals surface area contributed by atoms with E-state index in [2.05, 4.69) is 24.1 Å². The Morgan fingerprint density at radius 2 is 2.21 bits per heavy atom. The monoisotopic (exact) mass is 268 g/mol. The predicted octanol–water partition coefficient (Wildman–Crippen LogP) is 1.65. The fourth-order valence-electron chi connectivity index (χ4n) is 3.13. The first-order chi connectivity index (χ1) is 9.18. The first kappa shape index (κ1) is 14.8. The van der Waals surface area contributed by atoms with Crippen LogP contribution in [0.2, 0.25) is 0 Å². The number of fused-ring (bicyclic) bond motifs is 1. The van der Waals surface area contributed by atoms with Crippen molar-refractivity contribution in [1.29, 1.82) is 0 Å². The molecule has 2 fully saturated rings. The van der Waals surface area contributed by atoms with E-state index in [9.17, 15) is 4.79 Å². The second kappa shape index (κ2) is 7.25. The quantitative estimate of drug-likeness (QED) is 0.745. The number of likely N-dealkylation sites (tertiary alicyclic amines) is 1. The number of nitrogens with one attached hydrogen (secondary N) is 1. The Kier molecular flexibility index (Phi) is 5.64. The zero-order valence-corrected chi connectivity index (χ0v) is 12.4. The summed E-state index contributed by atoms with van der Waals surface area (Å²) in [6.45, 7) is 8.80. The number of carbonyl (C=O) groups excluding carboxylic acids is 1. The van der Waals surface area contributed by atoms with Crippen LogP contribution < -0.4 is 5.32 Å². The molecule has 2 heterocycles. The fourth-order valence-corrected chi connectivity index (χ4v) is 3.13. The van der Waals surface area contributed by atoms with Gasteiger partial charge in [0.05, 0.1) is 6.61 Å². The normalized spacial score (nSPS) is 27.7. The number of hydrogen-bond acceptors (Lipinski definition) is 3. The molecule has 2 unspecified atom stereocenters. The zero-order valence-electron chi connectivity index (χ0n) is 12.4. The van der Waals surface area contributed by atoms with Gasteiger partial charge in [-0.25, -0.2) is 0 Å². The molecule has 19 heavy (non-hydrogen) atoms. The molecule has 0 aromatic heterocycles. The second-order valence-electron chi connectivity index (χ2n) is 6.24. The molecule has 2 saturated heterocycles. The summed E-state index contributed by atoms with van der Waals surface area (Å²) in [5, 5.41) is 3.44. The predicted molar refractivity (Wildman–Crippen MR) is 76.0 cm³/mol. The molecule has 1 amide bonds. The Bertz CT molecular complexity index is 294. The van der Waals surface area contributed by atoms with Gasteiger partial charge in [-0.1, -0.05) is 13.8 Å². The number of hydrogen-bond donors (Lipinski definition) is 1. The van der Waals surface area contributed by atoms with Crippen molar-refractivity contribution in [2.45, 2.75) is 45.6 Å². The third kappa shape index (κ3) is 4.18. The van der Waals surface area contributed by atoms with Crippen molar-refractivity contribution in [2.75, 3.05) is 32.8 Å². The molecule has 2 aliphatic heterocycles. The Morgan fingerprint density at radius 3 is 3.00 bits per heavy atom. The summed E-state index contributed by atoms with van der Waals surface area (Å²) in [5.41, 5.74) is 0.